The summed E-state index contributed by atoms with van der Waals surface area (Å²) in [6, 6.07) is 30.9. The van der Waals surface area contributed by atoms with Crippen molar-refractivity contribution in [3.05, 3.63) is 84.9 Å². The monoisotopic (exact) mass is 334 g/mol. The van der Waals surface area contributed by atoms with Gasteiger partial charge in [0, 0.05) is 24.6 Å². The molecule has 0 aliphatic carbocycles. The highest BCUT2D eigenvalue weighted by molar-refractivity contribution is 6.08. The Labute approximate surface area is 153 Å². The minimum Gasteiger partial charge on any atom is -0.0616 e. The van der Waals surface area contributed by atoms with E-state index in [1.807, 2.05) is 0 Å². The molecule has 0 aromatic heterocycles. The lowest BCUT2D eigenvalue weighted by molar-refractivity contribution is 1.78. The summed E-state index contributed by atoms with van der Waals surface area (Å²) in [5.41, 5.74) is 0. The van der Waals surface area contributed by atoms with Crippen molar-refractivity contribution in [2.75, 3.05) is 0 Å². The summed E-state index contributed by atoms with van der Waals surface area (Å²) in [5, 5.41) is 10.4. The summed E-state index contributed by atoms with van der Waals surface area (Å²) >= 11 is 0. The second-order valence-electron chi connectivity index (χ2n) is 5.95. The van der Waals surface area contributed by atoms with Gasteiger partial charge in [0.1, 0.15) is 0 Å². The Balaban J connectivity index is 0.000000845. The normalized spacial score (nSPS) is 9.85. The van der Waals surface area contributed by atoms with Gasteiger partial charge in [0.05, 0.1) is 0 Å². The van der Waals surface area contributed by atoms with Crippen molar-refractivity contribution in [1.29, 1.82) is 0 Å². The molecular weight excluding hydrogens is 320 g/mol. The van der Waals surface area contributed by atoms with Gasteiger partial charge in [-0.15, -0.1) is 0 Å². The zero-order chi connectivity index (χ0) is 14.5. The summed E-state index contributed by atoms with van der Waals surface area (Å²) < 4.78 is 0. The maximum Gasteiger partial charge on any atom is 0 e. The van der Waals surface area contributed by atoms with E-state index in [0.717, 1.165) is 0 Å². The first-order valence-corrected chi connectivity index (χ1v) is 7.62. The van der Waals surface area contributed by atoms with Crippen LogP contribution in [0, 0.1) is 0 Å². The van der Waals surface area contributed by atoms with Crippen LogP contribution >= 0.6 is 0 Å². The molecule has 12 radical (unpaired) electrons. The number of benzene rings is 5. The lowest BCUT2D eigenvalue weighted by Gasteiger charge is -2.07. The molecule has 0 bridgehead atoms. The van der Waals surface area contributed by atoms with Crippen LogP contribution in [0.15, 0.2) is 84.9 Å². The fourth-order valence-electron chi connectivity index (χ4n) is 3.39. The summed E-state index contributed by atoms with van der Waals surface area (Å²) in [6.45, 7) is 0. The van der Waals surface area contributed by atoms with E-state index in [9.17, 15) is 0 Å². The number of rotatable bonds is 0. The van der Waals surface area contributed by atoms with E-state index < -0.39 is 0 Å². The summed E-state index contributed by atoms with van der Waals surface area (Å²) in [4.78, 5) is 0. The maximum absolute atomic E-state index is 2.31. The van der Waals surface area contributed by atoms with Crippen molar-refractivity contribution in [3.63, 3.8) is 0 Å². The van der Waals surface area contributed by atoms with Crippen LogP contribution in [0.4, 0.5) is 0 Å². The second kappa shape index (κ2) is 7.91. The Kier molecular flexibility index (Phi) is 6.39. The summed E-state index contributed by atoms with van der Waals surface area (Å²) in [5.74, 6) is 0. The third-order valence-electron chi connectivity index (χ3n) is 4.52. The fraction of sp³-hybridized carbons (Fsp3) is 0. The zero-order valence-electron chi connectivity index (χ0n) is 13.9. The number of fused-ring (bicyclic) bond motifs is 4. The number of hydrogen-bond acceptors (Lipinski definition) is 0. The number of nitrogens with zero attached hydrogens (tertiary/aromatic N) is 4. The van der Waals surface area contributed by atoms with Gasteiger partial charge in [-0.25, -0.2) is 0 Å². The van der Waals surface area contributed by atoms with E-state index in [-0.39, 0.29) is 24.6 Å². The van der Waals surface area contributed by atoms with Gasteiger partial charge in [0.2, 0.25) is 0 Å². The smallest absolute Gasteiger partial charge is 0 e. The lowest BCUT2D eigenvalue weighted by atomic mass is 9.97. The molecule has 26 heavy (non-hydrogen) atoms. The first kappa shape index (κ1) is 21.0. The molecule has 4 nitrogen and oxygen atoms in total. The maximum atomic E-state index is 2.31. The quantitative estimate of drug-likeness (QED) is 0.373. The standard InChI is InChI=1S/C22H14.4N/c1-2-6-16-10-20-14-22-12-18-8-4-3-7-17(18)11-21(22)13-19(20)9-15(16)5-1;;;;/h1-14H;;;;. The SMILES string of the molecule is [N].[N].[N].[N].c1ccc2cc3cc4cc5ccccc5cc4cc3cc2c1. The molecule has 0 spiro atoms. The Hall–Kier alpha value is -3.02. The first-order chi connectivity index (χ1) is 10.9. The molecule has 0 saturated heterocycles. The Morgan fingerprint density at radius 2 is 0.462 bits per heavy atom. The first-order valence-electron chi connectivity index (χ1n) is 7.62. The molecule has 0 amide bonds. The third-order valence-corrected chi connectivity index (χ3v) is 4.52. The predicted octanol–water partition coefficient (Wildman–Crippen LogP) is 4.38. The van der Waals surface area contributed by atoms with Crippen LogP contribution in [0.5, 0.6) is 0 Å². The molecular formula is C22H14N4. The molecule has 5 aromatic carbocycles. The highest BCUT2D eigenvalue weighted by Gasteiger charge is 2.02. The van der Waals surface area contributed by atoms with E-state index in [2.05, 4.69) is 84.9 Å². The highest BCUT2D eigenvalue weighted by Crippen LogP contribution is 2.29. The zero-order valence-corrected chi connectivity index (χ0v) is 13.9. The van der Waals surface area contributed by atoms with E-state index in [1.165, 1.54) is 43.1 Å². The van der Waals surface area contributed by atoms with Crippen LogP contribution in [-0.4, -0.2) is 0 Å². The minimum absolute atomic E-state index is 0. The summed E-state index contributed by atoms with van der Waals surface area (Å²) in [6.07, 6.45) is 0. The van der Waals surface area contributed by atoms with Crippen LogP contribution in [0.1, 0.15) is 0 Å². The molecule has 122 valence electrons. The Bertz CT molecular complexity index is 998. The van der Waals surface area contributed by atoms with Gasteiger partial charge in [-0.2, -0.15) is 0 Å². The molecule has 4 heteroatoms. The van der Waals surface area contributed by atoms with Gasteiger partial charge in [0.25, 0.3) is 0 Å². The molecule has 5 aromatic rings. The van der Waals surface area contributed by atoms with Crippen LogP contribution in [0.2, 0.25) is 0 Å². The van der Waals surface area contributed by atoms with Gasteiger partial charge in [-0.3, -0.25) is 0 Å². The largest absolute Gasteiger partial charge is 0.0616 e. The molecule has 0 N–H and O–H groups in total. The molecule has 0 fully saturated rings. The van der Waals surface area contributed by atoms with Crippen LogP contribution in [0.25, 0.3) is 43.1 Å². The molecule has 0 aliphatic heterocycles. The van der Waals surface area contributed by atoms with Gasteiger partial charge in [0.15, 0.2) is 0 Å². The molecule has 0 saturated carbocycles. The average molecular weight is 334 g/mol. The Morgan fingerprint density at radius 1 is 0.269 bits per heavy atom. The van der Waals surface area contributed by atoms with Gasteiger partial charge < -0.3 is 0 Å². The lowest BCUT2D eigenvalue weighted by Crippen LogP contribution is -1.80. The van der Waals surface area contributed by atoms with Crippen LogP contribution < -0.4 is 24.6 Å². The van der Waals surface area contributed by atoms with Gasteiger partial charge >= 0.3 is 0 Å². The van der Waals surface area contributed by atoms with Crippen LogP contribution in [-0.2, 0) is 0 Å². The minimum atomic E-state index is 0. The second-order valence-corrected chi connectivity index (χ2v) is 5.95. The molecule has 0 heterocycles. The molecule has 0 aliphatic rings. The topological polar surface area (TPSA) is 122 Å². The van der Waals surface area contributed by atoms with Crippen molar-refractivity contribution in [1.82, 2.24) is 24.6 Å². The third kappa shape index (κ3) is 3.22. The van der Waals surface area contributed by atoms with Crippen molar-refractivity contribution in [2.45, 2.75) is 0 Å². The molecule has 5 rings (SSSR count). The van der Waals surface area contributed by atoms with Crippen molar-refractivity contribution < 1.29 is 0 Å². The van der Waals surface area contributed by atoms with Crippen molar-refractivity contribution in [2.24, 2.45) is 0 Å². The van der Waals surface area contributed by atoms with E-state index in [1.54, 1.807) is 0 Å². The van der Waals surface area contributed by atoms with Crippen LogP contribution in [0.3, 0.4) is 0 Å². The van der Waals surface area contributed by atoms with E-state index in [0.29, 0.717) is 0 Å². The average Bonchev–Trinajstić information content (AvgIpc) is 2.56. The highest BCUT2D eigenvalue weighted by atomic mass is 14.1. The Morgan fingerprint density at radius 3 is 0.692 bits per heavy atom. The van der Waals surface area contributed by atoms with Crippen molar-refractivity contribution in [3.8, 4) is 0 Å². The van der Waals surface area contributed by atoms with Gasteiger partial charge in [-0.05, 0) is 79.5 Å². The fourth-order valence-corrected chi connectivity index (χ4v) is 3.39. The number of hydrogen-bond donors (Lipinski definition) is 0. The van der Waals surface area contributed by atoms with E-state index >= 15 is 0 Å². The summed E-state index contributed by atoms with van der Waals surface area (Å²) in [7, 11) is 0. The predicted molar refractivity (Wildman–Crippen MR) is 105 cm³/mol. The molecule has 0 atom stereocenters. The van der Waals surface area contributed by atoms with Crippen molar-refractivity contribution >= 4 is 43.1 Å². The van der Waals surface area contributed by atoms with Gasteiger partial charge in [-0.1, -0.05) is 48.5 Å². The molecule has 0 unspecified atom stereocenters. The van der Waals surface area contributed by atoms with E-state index in [4.69, 9.17) is 0 Å².